The van der Waals surface area contributed by atoms with E-state index in [0.717, 1.165) is 33.7 Å². The van der Waals surface area contributed by atoms with Crippen LogP contribution in [0, 0.1) is 11.3 Å². The maximum atomic E-state index is 9.75. The fourth-order valence-electron chi connectivity index (χ4n) is 8.64. The zero-order chi connectivity index (χ0) is 35.5. The van der Waals surface area contributed by atoms with Crippen molar-refractivity contribution in [2.75, 3.05) is 0 Å². The monoisotopic (exact) mass is 722 g/mol. The van der Waals surface area contributed by atoms with Gasteiger partial charge in [-0.3, -0.25) is 4.57 Å². The van der Waals surface area contributed by atoms with Crippen LogP contribution in [0.3, 0.4) is 0 Å². The Balaban J connectivity index is 1.22. The van der Waals surface area contributed by atoms with Crippen molar-refractivity contribution in [1.82, 2.24) is 14.1 Å². The first-order valence-corrected chi connectivity index (χ1v) is 19.6. The fourth-order valence-corrected chi connectivity index (χ4v) is 11.1. The Morgan fingerprint density at radius 2 is 0.981 bits per heavy atom. The predicted octanol–water partition coefficient (Wildman–Crippen LogP) is 13.6. The number of nitrogens with zero attached hydrogens (tertiary/aromatic N) is 4. The summed E-state index contributed by atoms with van der Waals surface area (Å²) in [6.45, 7) is 0. The van der Waals surface area contributed by atoms with E-state index in [1.54, 1.807) is 0 Å². The summed E-state index contributed by atoms with van der Waals surface area (Å²) in [6.07, 6.45) is 2.06. The lowest BCUT2D eigenvalue weighted by molar-refractivity contribution is 1.06. The quantitative estimate of drug-likeness (QED) is 0.182. The van der Waals surface area contributed by atoms with E-state index in [-0.39, 0.29) is 0 Å². The SMILES string of the molecule is N#Cc1ccc(-c2cc(-n3c4ccccc4c4ccc5c6ccccc6sc5c43)ncc2-n2c3ccccc3c3ccc4c5ccccc5sc4c32)cc1. The van der Waals surface area contributed by atoms with Crippen LogP contribution in [0.4, 0.5) is 0 Å². The second kappa shape index (κ2) is 11.1. The van der Waals surface area contributed by atoms with Crippen molar-refractivity contribution in [1.29, 1.82) is 5.26 Å². The normalized spacial score (nSPS) is 12.1. The van der Waals surface area contributed by atoms with Crippen molar-refractivity contribution >= 4 is 107 Å². The van der Waals surface area contributed by atoms with E-state index in [1.807, 2.05) is 34.8 Å². The minimum absolute atomic E-state index is 0.632. The molecular weight excluding hydrogens is 697 g/mol. The molecule has 0 saturated heterocycles. The predicted molar refractivity (Wildman–Crippen MR) is 229 cm³/mol. The highest BCUT2D eigenvalue weighted by Crippen LogP contribution is 2.46. The molecule has 12 rings (SSSR count). The second-order valence-electron chi connectivity index (χ2n) is 13.8. The number of rotatable bonds is 3. The van der Waals surface area contributed by atoms with Gasteiger partial charge in [-0.15, -0.1) is 22.7 Å². The summed E-state index contributed by atoms with van der Waals surface area (Å²) >= 11 is 3.69. The Kier molecular flexibility index (Phi) is 6.12. The van der Waals surface area contributed by atoms with Gasteiger partial charge in [-0.2, -0.15) is 5.26 Å². The molecule has 4 nitrogen and oxygen atoms in total. The number of hydrogen-bond acceptors (Lipinski definition) is 4. The molecule has 0 aliphatic heterocycles. The van der Waals surface area contributed by atoms with Gasteiger partial charge in [-0.25, -0.2) is 4.98 Å². The van der Waals surface area contributed by atoms with E-state index in [0.29, 0.717) is 5.56 Å². The third-order valence-electron chi connectivity index (χ3n) is 11.0. The molecule has 5 aromatic heterocycles. The Bertz CT molecular complexity index is 3570. The Hall–Kier alpha value is -6.78. The smallest absolute Gasteiger partial charge is 0.138 e. The van der Waals surface area contributed by atoms with Crippen LogP contribution < -0.4 is 0 Å². The molecule has 0 bridgehead atoms. The molecule has 0 radical (unpaired) electrons. The highest BCUT2D eigenvalue weighted by atomic mass is 32.1. The molecule has 250 valence electrons. The van der Waals surface area contributed by atoms with Gasteiger partial charge >= 0.3 is 0 Å². The molecular formula is C48H26N4S2. The number of benzene rings is 7. The average molecular weight is 723 g/mol. The maximum absolute atomic E-state index is 9.75. The summed E-state index contributed by atoms with van der Waals surface area (Å²) in [5, 5.41) is 19.6. The van der Waals surface area contributed by atoms with Crippen LogP contribution in [0.2, 0.25) is 0 Å². The molecule has 0 N–H and O–H groups in total. The number of pyridine rings is 1. The van der Waals surface area contributed by atoms with Crippen LogP contribution in [-0.2, 0) is 0 Å². The molecule has 0 aliphatic rings. The van der Waals surface area contributed by atoms with Crippen LogP contribution in [0.15, 0.2) is 158 Å². The molecule has 54 heavy (non-hydrogen) atoms. The van der Waals surface area contributed by atoms with Crippen molar-refractivity contribution in [2.45, 2.75) is 0 Å². The summed E-state index contributed by atoms with van der Waals surface area (Å²) in [5.74, 6) is 0.849. The topological polar surface area (TPSA) is 46.5 Å². The van der Waals surface area contributed by atoms with Gasteiger partial charge in [0.05, 0.1) is 55.0 Å². The molecule has 7 aromatic carbocycles. The van der Waals surface area contributed by atoms with Gasteiger partial charge in [-0.05, 0) is 48.0 Å². The highest BCUT2D eigenvalue weighted by Gasteiger charge is 2.23. The second-order valence-corrected chi connectivity index (χ2v) is 15.9. The molecule has 0 atom stereocenters. The van der Waals surface area contributed by atoms with Crippen LogP contribution in [0.5, 0.6) is 0 Å². The first-order chi connectivity index (χ1) is 26.7. The summed E-state index contributed by atoms with van der Waals surface area (Å²) in [4.78, 5) is 5.39. The Morgan fingerprint density at radius 3 is 1.57 bits per heavy atom. The highest BCUT2D eigenvalue weighted by molar-refractivity contribution is 7.27. The Labute approximate surface area is 316 Å². The van der Waals surface area contributed by atoms with Crippen molar-refractivity contribution < 1.29 is 0 Å². The minimum Gasteiger partial charge on any atom is -0.306 e. The third kappa shape index (κ3) is 4.02. The lowest BCUT2D eigenvalue weighted by Gasteiger charge is -2.17. The van der Waals surface area contributed by atoms with Crippen LogP contribution in [-0.4, -0.2) is 14.1 Å². The van der Waals surface area contributed by atoms with Gasteiger partial charge in [0.2, 0.25) is 0 Å². The van der Waals surface area contributed by atoms with Crippen LogP contribution >= 0.6 is 22.7 Å². The number of fused-ring (bicyclic) bond motifs is 14. The van der Waals surface area contributed by atoms with Crippen molar-refractivity contribution in [3.63, 3.8) is 0 Å². The van der Waals surface area contributed by atoms with E-state index in [9.17, 15) is 5.26 Å². The summed E-state index contributed by atoms with van der Waals surface area (Å²) in [5.41, 5.74) is 8.29. The molecule has 0 unspecified atom stereocenters. The molecule has 0 saturated carbocycles. The summed E-state index contributed by atoms with van der Waals surface area (Å²) in [7, 11) is 0. The molecule has 0 amide bonds. The van der Waals surface area contributed by atoms with Gasteiger partial charge in [-0.1, -0.05) is 109 Å². The lowest BCUT2D eigenvalue weighted by Crippen LogP contribution is -2.03. The third-order valence-corrected chi connectivity index (χ3v) is 13.4. The van der Waals surface area contributed by atoms with Crippen LogP contribution in [0.25, 0.3) is 107 Å². The van der Waals surface area contributed by atoms with Crippen molar-refractivity contribution in [3.8, 4) is 28.7 Å². The molecule has 0 spiro atoms. The summed E-state index contributed by atoms with van der Waals surface area (Å²) in [6, 6.07) is 56.4. The molecule has 0 aliphatic carbocycles. The number of para-hydroxylation sites is 2. The molecule has 6 heteroatoms. The van der Waals surface area contributed by atoms with Gasteiger partial charge in [0, 0.05) is 58.1 Å². The number of hydrogen-bond donors (Lipinski definition) is 0. The Morgan fingerprint density at radius 1 is 0.481 bits per heavy atom. The minimum atomic E-state index is 0.632. The first kappa shape index (κ1) is 29.8. The average Bonchev–Trinajstić information content (AvgIpc) is 3.98. The number of aromatic nitrogens is 3. The molecule has 0 fully saturated rings. The van der Waals surface area contributed by atoms with E-state index in [1.165, 1.54) is 72.9 Å². The number of nitriles is 1. The maximum Gasteiger partial charge on any atom is 0.138 e. The summed E-state index contributed by atoms with van der Waals surface area (Å²) < 4.78 is 9.84. The number of thiophene rings is 2. The van der Waals surface area contributed by atoms with Gasteiger partial charge in [0.15, 0.2) is 0 Å². The fraction of sp³-hybridized carbons (Fsp3) is 0. The zero-order valence-electron chi connectivity index (χ0n) is 28.6. The lowest BCUT2D eigenvalue weighted by atomic mass is 10.0. The molecule has 12 aromatic rings. The molecule has 5 heterocycles. The van der Waals surface area contributed by atoms with E-state index < -0.39 is 0 Å². The van der Waals surface area contributed by atoms with Crippen molar-refractivity contribution in [2.24, 2.45) is 0 Å². The van der Waals surface area contributed by atoms with E-state index in [2.05, 4.69) is 161 Å². The van der Waals surface area contributed by atoms with Gasteiger partial charge in [0.1, 0.15) is 5.82 Å². The van der Waals surface area contributed by atoms with Gasteiger partial charge < -0.3 is 4.57 Å². The van der Waals surface area contributed by atoms with Crippen LogP contribution in [0.1, 0.15) is 5.56 Å². The van der Waals surface area contributed by atoms with Gasteiger partial charge in [0.25, 0.3) is 0 Å². The first-order valence-electron chi connectivity index (χ1n) is 17.9. The standard InChI is InChI=1S/C48H26N4S2/c49-26-28-17-19-29(20-18-28)38-25-44(52-40-14-6-2-10-31(40)35-22-24-37-33-12-4-8-16-43(33)54-48(37)46(35)52)50-27-41(38)51-39-13-5-1-9-30(39)34-21-23-36-32-11-3-7-15-42(32)53-47(36)45(34)51/h1-25,27H. The largest absolute Gasteiger partial charge is 0.306 e. The van der Waals surface area contributed by atoms with Crippen molar-refractivity contribution in [3.05, 3.63) is 163 Å². The van der Waals surface area contributed by atoms with E-state index >= 15 is 0 Å². The van der Waals surface area contributed by atoms with E-state index in [4.69, 9.17) is 4.98 Å². The zero-order valence-corrected chi connectivity index (χ0v) is 30.2.